The number of benzene rings is 1. The number of nitrogens with zero attached hydrogens (tertiary/aromatic N) is 1. The Morgan fingerprint density at radius 1 is 1.04 bits per heavy atom. The summed E-state index contributed by atoms with van der Waals surface area (Å²) in [4.78, 5) is 4.04. The van der Waals surface area contributed by atoms with Gasteiger partial charge in [0.15, 0.2) is 0 Å². The molecule has 0 saturated heterocycles. The second kappa shape index (κ2) is 14.4. The van der Waals surface area contributed by atoms with Gasteiger partial charge in [0.2, 0.25) is 0 Å². The van der Waals surface area contributed by atoms with E-state index in [1.54, 1.807) is 6.20 Å². The normalized spacial score (nSPS) is 10.7. The van der Waals surface area contributed by atoms with Crippen molar-refractivity contribution in [1.82, 2.24) is 4.98 Å². The van der Waals surface area contributed by atoms with E-state index in [4.69, 9.17) is 0 Å². The molecule has 0 amide bonds. The molecule has 0 bridgehead atoms. The van der Waals surface area contributed by atoms with Crippen LogP contribution in [0.1, 0.15) is 24.6 Å². The topological polar surface area (TPSA) is 12.9 Å². The van der Waals surface area contributed by atoms with Crippen LogP contribution in [0.25, 0.3) is 0 Å². The quantitative estimate of drug-likeness (QED) is 0.643. The van der Waals surface area contributed by atoms with Gasteiger partial charge in [0.1, 0.15) is 0 Å². The fraction of sp³-hybridized carbons (Fsp3) is 0.158. The van der Waals surface area contributed by atoms with Crippen LogP contribution in [0.15, 0.2) is 72.5 Å². The first-order valence-corrected chi connectivity index (χ1v) is 6.88. The summed E-state index contributed by atoms with van der Waals surface area (Å²) in [7, 11) is 0. The van der Waals surface area contributed by atoms with Gasteiger partial charge in [0, 0.05) is 6.20 Å². The fourth-order valence-corrected chi connectivity index (χ4v) is 1.94. The molecule has 1 nitrogen and oxygen atoms in total. The summed E-state index contributed by atoms with van der Waals surface area (Å²) < 4.78 is 0. The molecule has 0 fully saturated rings. The van der Waals surface area contributed by atoms with Crippen molar-refractivity contribution in [3.8, 4) is 0 Å². The van der Waals surface area contributed by atoms with Gasteiger partial charge in [0.25, 0.3) is 0 Å². The molecule has 0 radical (unpaired) electrons. The van der Waals surface area contributed by atoms with Crippen molar-refractivity contribution < 1.29 is 17.4 Å². The third-order valence-corrected chi connectivity index (χ3v) is 3.00. The Bertz CT molecular complexity index is 568. The Kier molecular flexibility index (Phi) is 15.1. The summed E-state index contributed by atoms with van der Waals surface area (Å²) in [5.74, 6) is 0. The van der Waals surface area contributed by atoms with Crippen LogP contribution in [0.4, 0.5) is 0 Å². The Morgan fingerprint density at radius 2 is 1.74 bits per heavy atom. The zero-order valence-corrected chi connectivity index (χ0v) is 15.9. The molecule has 1 heterocycles. The summed E-state index contributed by atoms with van der Waals surface area (Å²) in [5.41, 5.74) is 3.80. The first kappa shape index (κ1) is 24.1. The number of rotatable bonds is 3. The van der Waals surface area contributed by atoms with Gasteiger partial charge in [-0.05, 0) is 0 Å². The molecule has 122 valence electrons. The average Bonchev–Trinajstić information content (AvgIpc) is 3.03. The Labute approximate surface area is 162 Å². The van der Waals surface area contributed by atoms with E-state index in [1.165, 1.54) is 11.1 Å². The van der Waals surface area contributed by atoms with Gasteiger partial charge in [-0.1, -0.05) is 54.1 Å². The predicted molar refractivity (Wildman–Crippen MR) is 98.5 cm³/mol. The van der Waals surface area contributed by atoms with E-state index < -0.39 is 0 Å². The standard InChI is InChI=1S/C12H11.C7H8N.2ClH.Cr/c1-2-6-11(7-3-1)10-12-8-4-5-9-12;1-2-7-5-3-4-6-8-7;;;/h1-3,6-9H,4,10H2;2-6H,1H3;2*1H;/q2*-1;;;+2. The molecule has 23 heavy (non-hydrogen) atoms. The van der Waals surface area contributed by atoms with Gasteiger partial charge >= 0.3 is 17.4 Å². The maximum Gasteiger partial charge on any atom is 2.00 e. The van der Waals surface area contributed by atoms with E-state index in [1.807, 2.05) is 31.5 Å². The molecular weight excluding hydrogens is 365 g/mol. The molecule has 2 aromatic rings. The number of hydrogen-bond donors (Lipinski definition) is 0. The Balaban J connectivity index is 0. The van der Waals surface area contributed by atoms with Gasteiger partial charge in [-0.15, -0.1) is 44.2 Å². The summed E-state index contributed by atoms with van der Waals surface area (Å²) in [5, 5.41) is 0. The van der Waals surface area contributed by atoms with E-state index in [9.17, 15) is 0 Å². The monoisotopic (exact) mass is 385 g/mol. The largest absolute Gasteiger partial charge is 2.00 e. The second-order valence-electron chi connectivity index (χ2n) is 4.54. The first-order valence-electron chi connectivity index (χ1n) is 6.88. The molecule has 4 heteroatoms. The zero-order chi connectivity index (χ0) is 14.0. The van der Waals surface area contributed by atoms with E-state index in [-0.39, 0.29) is 42.2 Å². The molecular formula is C19H21Cl2CrN. The minimum atomic E-state index is 0. The molecule has 0 aliphatic heterocycles. The van der Waals surface area contributed by atoms with Crippen LogP contribution < -0.4 is 0 Å². The number of pyridine rings is 1. The van der Waals surface area contributed by atoms with E-state index >= 15 is 0 Å². The van der Waals surface area contributed by atoms with Crippen molar-refractivity contribution in [3.63, 3.8) is 0 Å². The summed E-state index contributed by atoms with van der Waals surface area (Å²) in [6.07, 6.45) is 13.3. The van der Waals surface area contributed by atoms with Gasteiger partial charge in [-0.3, -0.25) is 11.1 Å². The molecule has 1 aromatic heterocycles. The minimum Gasteiger partial charge on any atom is -0.295 e. The van der Waals surface area contributed by atoms with Crippen molar-refractivity contribution in [3.05, 3.63) is 96.2 Å². The van der Waals surface area contributed by atoms with E-state index in [0.717, 1.165) is 18.5 Å². The van der Waals surface area contributed by atoms with Gasteiger partial charge in [-0.25, -0.2) is 12.5 Å². The Morgan fingerprint density at radius 3 is 2.22 bits per heavy atom. The molecule has 1 aliphatic carbocycles. The summed E-state index contributed by atoms with van der Waals surface area (Å²) >= 11 is 0. The second-order valence-corrected chi connectivity index (χ2v) is 4.54. The first-order chi connectivity index (χ1) is 9.88. The molecule has 0 unspecified atom stereocenters. The van der Waals surface area contributed by atoms with Crippen LogP contribution >= 0.6 is 24.8 Å². The molecule has 0 saturated carbocycles. The van der Waals surface area contributed by atoms with Crippen molar-refractivity contribution >= 4 is 24.8 Å². The average molecular weight is 386 g/mol. The third kappa shape index (κ3) is 9.54. The SMILES string of the molecule is C[CH-]c1ccccn1.Cl.Cl.[C-]1=CC(Cc2ccccc2)=CC1.[Cr+2]. The van der Waals surface area contributed by atoms with Gasteiger partial charge in [0.05, 0.1) is 0 Å². The van der Waals surface area contributed by atoms with Crippen LogP contribution in [0, 0.1) is 12.5 Å². The molecule has 1 aromatic carbocycles. The minimum absolute atomic E-state index is 0. The third-order valence-electron chi connectivity index (χ3n) is 3.00. The summed E-state index contributed by atoms with van der Waals surface area (Å²) in [6, 6.07) is 16.4. The van der Waals surface area contributed by atoms with E-state index in [2.05, 4.69) is 53.5 Å². The zero-order valence-electron chi connectivity index (χ0n) is 13.0. The van der Waals surface area contributed by atoms with Crippen LogP contribution in [0.3, 0.4) is 0 Å². The number of halogens is 2. The van der Waals surface area contributed by atoms with Gasteiger partial charge in [-0.2, -0.15) is 17.7 Å². The maximum absolute atomic E-state index is 4.04. The van der Waals surface area contributed by atoms with Gasteiger partial charge < -0.3 is 0 Å². The number of hydrogen-bond acceptors (Lipinski definition) is 1. The molecule has 0 atom stereocenters. The van der Waals surface area contributed by atoms with Crippen molar-refractivity contribution in [1.29, 1.82) is 0 Å². The summed E-state index contributed by atoms with van der Waals surface area (Å²) in [6.45, 7) is 1.97. The van der Waals surface area contributed by atoms with Crippen molar-refractivity contribution in [2.75, 3.05) is 0 Å². The molecule has 3 rings (SSSR count). The van der Waals surface area contributed by atoms with Crippen molar-refractivity contribution in [2.45, 2.75) is 19.8 Å². The van der Waals surface area contributed by atoms with Crippen LogP contribution in [0.5, 0.6) is 0 Å². The van der Waals surface area contributed by atoms with E-state index in [0.29, 0.717) is 0 Å². The number of aromatic nitrogens is 1. The molecule has 0 N–H and O–H groups in total. The molecule has 0 spiro atoms. The van der Waals surface area contributed by atoms with Crippen LogP contribution in [-0.2, 0) is 23.8 Å². The number of allylic oxidation sites excluding steroid dienone is 4. The maximum atomic E-state index is 4.04. The van der Waals surface area contributed by atoms with Crippen LogP contribution in [-0.4, -0.2) is 4.98 Å². The van der Waals surface area contributed by atoms with Crippen molar-refractivity contribution in [2.24, 2.45) is 0 Å². The smallest absolute Gasteiger partial charge is 0.295 e. The van der Waals surface area contributed by atoms with Crippen LogP contribution in [0.2, 0.25) is 0 Å². The predicted octanol–water partition coefficient (Wildman–Crippen LogP) is 5.41. The molecule has 1 aliphatic rings. The fourth-order valence-electron chi connectivity index (χ4n) is 1.94. The Hall–Kier alpha value is -1.17.